The molecule has 1 atom stereocenters. The van der Waals surface area contributed by atoms with Gasteiger partial charge in [-0.3, -0.25) is 4.79 Å². The normalized spacial score (nSPS) is 16.2. The number of carbonyl (C=O) groups is 1. The van der Waals surface area contributed by atoms with Crippen LogP contribution < -0.4 is 5.32 Å². The molecule has 0 saturated carbocycles. The van der Waals surface area contributed by atoms with E-state index in [1.807, 2.05) is 12.1 Å². The molecule has 1 amide bonds. The number of aryl methyl sites for hydroxylation is 3. The van der Waals surface area contributed by atoms with Gasteiger partial charge in [0.05, 0.1) is 6.04 Å². The molecule has 0 bridgehead atoms. The lowest BCUT2D eigenvalue weighted by molar-refractivity contribution is 0.0922. The Labute approximate surface area is 137 Å². The lowest BCUT2D eigenvalue weighted by Crippen LogP contribution is -2.29. The fourth-order valence-electron chi connectivity index (χ4n) is 3.03. The van der Waals surface area contributed by atoms with Gasteiger partial charge in [0, 0.05) is 19.5 Å². The second kappa shape index (κ2) is 5.55. The number of fused-ring (bicyclic) bond motifs is 1. The molecular formula is C16H16N6O2. The quantitative estimate of drug-likeness (QED) is 0.785. The number of amides is 1. The number of aromatic nitrogens is 5. The van der Waals surface area contributed by atoms with Gasteiger partial charge in [-0.05, 0) is 30.0 Å². The van der Waals surface area contributed by atoms with Crippen LogP contribution in [0.4, 0.5) is 0 Å². The Hall–Kier alpha value is -3.03. The fourth-order valence-corrected chi connectivity index (χ4v) is 3.03. The van der Waals surface area contributed by atoms with E-state index >= 15 is 0 Å². The van der Waals surface area contributed by atoms with Gasteiger partial charge in [-0.15, -0.1) is 10.2 Å². The van der Waals surface area contributed by atoms with Crippen LogP contribution in [-0.2, 0) is 13.5 Å². The monoisotopic (exact) mass is 324 g/mol. The Morgan fingerprint density at radius 2 is 2.29 bits per heavy atom. The highest BCUT2D eigenvalue weighted by atomic mass is 16.5. The molecule has 0 unspecified atom stereocenters. The van der Waals surface area contributed by atoms with Gasteiger partial charge in [0.15, 0.2) is 0 Å². The molecule has 122 valence electrons. The molecule has 0 fully saturated rings. The van der Waals surface area contributed by atoms with Crippen molar-refractivity contribution in [1.29, 1.82) is 0 Å². The predicted octanol–water partition coefficient (Wildman–Crippen LogP) is 1.59. The van der Waals surface area contributed by atoms with E-state index in [4.69, 9.17) is 4.52 Å². The maximum atomic E-state index is 12.3. The highest BCUT2D eigenvalue weighted by Crippen LogP contribution is 2.33. The molecule has 2 heterocycles. The van der Waals surface area contributed by atoms with Crippen LogP contribution >= 0.6 is 0 Å². The van der Waals surface area contributed by atoms with Crippen molar-refractivity contribution in [2.45, 2.75) is 25.8 Å². The van der Waals surface area contributed by atoms with Crippen LogP contribution in [0, 0.1) is 6.92 Å². The molecule has 8 heteroatoms. The smallest absolute Gasteiger partial charge is 0.289 e. The number of nitrogens with one attached hydrogen (secondary N) is 1. The number of hydrogen-bond donors (Lipinski definition) is 1. The van der Waals surface area contributed by atoms with Crippen molar-refractivity contribution in [2.75, 3.05) is 0 Å². The molecule has 1 aromatic carbocycles. The average molecular weight is 324 g/mol. The topological polar surface area (TPSA) is 98.7 Å². The first-order valence-corrected chi connectivity index (χ1v) is 7.70. The number of carbonyl (C=O) groups excluding carboxylic acids is 1. The van der Waals surface area contributed by atoms with Crippen molar-refractivity contribution in [1.82, 2.24) is 30.2 Å². The van der Waals surface area contributed by atoms with E-state index in [9.17, 15) is 4.79 Å². The van der Waals surface area contributed by atoms with Crippen molar-refractivity contribution < 1.29 is 9.32 Å². The highest BCUT2D eigenvalue weighted by Gasteiger charge is 2.26. The van der Waals surface area contributed by atoms with Crippen molar-refractivity contribution in [3.63, 3.8) is 0 Å². The number of benzene rings is 1. The van der Waals surface area contributed by atoms with Crippen LogP contribution in [0.15, 0.2) is 29.0 Å². The van der Waals surface area contributed by atoms with E-state index in [0.717, 1.165) is 24.0 Å². The predicted molar refractivity (Wildman–Crippen MR) is 84.0 cm³/mol. The Balaban J connectivity index is 1.56. The summed E-state index contributed by atoms with van der Waals surface area (Å²) in [5.41, 5.74) is 3.23. The van der Waals surface area contributed by atoms with E-state index in [1.165, 1.54) is 11.9 Å². The Bertz CT molecular complexity index is 913. The summed E-state index contributed by atoms with van der Waals surface area (Å²) in [4.78, 5) is 16.6. The molecule has 1 aliphatic carbocycles. The minimum absolute atomic E-state index is 0.0229. The number of hydrogen-bond acceptors (Lipinski definition) is 6. The van der Waals surface area contributed by atoms with Crippen LogP contribution in [0.5, 0.6) is 0 Å². The summed E-state index contributed by atoms with van der Waals surface area (Å²) in [5.74, 6) is 1.22. The SMILES string of the molecule is Cc1nc(-c2ccc3c(c2)CC[C@H]3NC(=O)c2nncn2C)no1. The summed E-state index contributed by atoms with van der Waals surface area (Å²) in [5, 5.41) is 14.6. The average Bonchev–Trinajstić information content (AvgIpc) is 3.27. The number of rotatable bonds is 3. The Morgan fingerprint density at radius 3 is 3.00 bits per heavy atom. The molecular weight excluding hydrogens is 308 g/mol. The minimum atomic E-state index is -0.217. The second-order valence-corrected chi connectivity index (χ2v) is 5.88. The maximum absolute atomic E-state index is 12.3. The van der Waals surface area contributed by atoms with E-state index in [2.05, 4.69) is 31.7 Å². The van der Waals surface area contributed by atoms with Crippen LogP contribution in [-0.4, -0.2) is 30.8 Å². The molecule has 0 spiro atoms. The molecule has 0 radical (unpaired) electrons. The van der Waals surface area contributed by atoms with Gasteiger partial charge in [-0.1, -0.05) is 17.3 Å². The third-order valence-electron chi connectivity index (χ3n) is 4.23. The molecule has 3 aromatic rings. The van der Waals surface area contributed by atoms with Crippen LogP contribution in [0.1, 0.15) is 40.1 Å². The van der Waals surface area contributed by atoms with E-state index in [1.54, 1.807) is 18.5 Å². The molecule has 24 heavy (non-hydrogen) atoms. The van der Waals surface area contributed by atoms with E-state index in [0.29, 0.717) is 17.5 Å². The zero-order valence-electron chi connectivity index (χ0n) is 13.4. The van der Waals surface area contributed by atoms with Gasteiger partial charge in [-0.2, -0.15) is 4.98 Å². The van der Waals surface area contributed by atoms with Crippen molar-refractivity contribution in [3.05, 3.63) is 47.4 Å². The molecule has 8 nitrogen and oxygen atoms in total. The van der Waals surface area contributed by atoms with Crippen LogP contribution in [0.25, 0.3) is 11.4 Å². The lowest BCUT2D eigenvalue weighted by atomic mass is 10.0. The van der Waals surface area contributed by atoms with E-state index < -0.39 is 0 Å². The molecule has 1 aliphatic rings. The Morgan fingerprint density at radius 1 is 1.42 bits per heavy atom. The summed E-state index contributed by atoms with van der Waals surface area (Å²) in [7, 11) is 1.75. The zero-order valence-corrected chi connectivity index (χ0v) is 13.4. The minimum Gasteiger partial charge on any atom is -0.342 e. The highest BCUT2D eigenvalue weighted by molar-refractivity contribution is 5.91. The van der Waals surface area contributed by atoms with Crippen molar-refractivity contribution >= 4 is 5.91 Å². The largest absolute Gasteiger partial charge is 0.342 e. The first kappa shape index (κ1) is 14.6. The zero-order chi connectivity index (χ0) is 16.7. The second-order valence-electron chi connectivity index (χ2n) is 5.88. The molecule has 0 saturated heterocycles. The summed E-state index contributed by atoms with van der Waals surface area (Å²) < 4.78 is 6.64. The lowest BCUT2D eigenvalue weighted by Gasteiger charge is -2.13. The first-order chi connectivity index (χ1) is 11.6. The van der Waals surface area contributed by atoms with Crippen molar-refractivity contribution in [2.24, 2.45) is 7.05 Å². The molecule has 1 N–H and O–H groups in total. The standard InChI is InChI=1S/C16H16N6O2/c1-9-18-14(21-24-9)11-3-5-12-10(7-11)4-6-13(12)19-16(23)15-20-17-8-22(15)2/h3,5,7-8,13H,4,6H2,1-2H3,(H,19,23)/t13-/m1/s1. The maximum Gasteiger partial charge on any atom is 0.289 e. The molecule has 2 aromatic heterocycles. The summed E-state index contributed by atoms with van der Waals surface area (Å²) in [6.45, 7) is 1.77. The van der Waals surface area contributed by atoms with Crippen molar-refractivity contribution in [3.8, 4) is 11.4 Å². The summed E-state index contributed by atoms with van der Waals surface area (Å²) in [6, 6.07) is 6.01. The fraction of sp³-hybridized carbons (Fsp3) is 0.312. The first-order valence-electron chi connectivity index (χ1n) is 7.70. The van der Waals surface area contributed by atoms with E-state index in [-0.39, 0.29) is 11.9 Å². The third kappa shape index (κ3) is 2.45. The summed E-state index contributed by atoms with van der Waals surface area (Å²) in [6.07, 6.45) is 3.26. The van der Waals surface area contributed by atoms with Crippen LogP contribution in [0.3, 0.4) is 0 Å². The number of nitrogens with zero attached hydrogens (tertiary/aromatic N) is 5. The van der Waals surface area contributed by atoms with Gasteiger partial charge >= 0.3 is 0 Å². The van der Waals surface area contributed by atoms with Gasteiger partial charge in [0.25, 0.3) is 5.91 Å². The Kier molecular flexibility index (Phi) is 3.37. The summed E-state index contributed by atoms with van der Waals surface area (Å²) >= 11 is 0. The van der Waals surface area contributed by atoms with Crippen LogP contribution in [0.2, 0.25) is 0 Å². The van der Waals surface area contributed by atoms with Gasteiger partial charge in [-0.25, -0.2) is 0 Å². The molecule has 4 rings (SSSR count). The molecule has 0 aliphatic heterocycles. The van der Waals surface area contributed by atoms with Gasteiger partial charge < -0.3 is 14.4 Å². The third-order valence-corrected chi connectivity index (χ3v) is 4.23. The van der Waals surface area contributed by atoms with Gasteiger partial charge in [0.1, 0.15) is 6.33 Å². The van der Waals surface area contributed by atoms with Gasteiger partial charge in [0.2, 0.25) is 17.5 Å².